The number of hydrogen-bond acceptors (Lipinski definition) is 3. The van der Waals surface area contributed by atoms with Crippen molar-refractivity contribution in [1.29, 1.82) is 0 Å². The zero-order chi connectivity index (χ0) is 15.2. The lowest BCUT2D eigenvalue weighted by atomic mass is 9.99. The molecule has 1 unspecified atom stereocenters. The van der Waals surface area contributed by atoms with Gasteiger partial charge >= 0.3 is 0 Å². The molecular weight excluding hydrogens is 264 g/mol. The van der Waals surface area contributed by atoms with Gasteiger partial charge in [-0.1, -0.05) is 32.9 Å². The van der Waals surface area contributed by atoms with Crippen molar-refractivity contribution in [3.63, 3.8) is 0 Å². The molecule has 1 atom stereocenters. The Morgan fingerprint density at radius 1 is 1.43 bits per heavy atom. The van der Waals surface area contributed by atoms with Crippen molar-refractivity contribution in [2.24, 2.45) is 5.92 Å². The Bertz CT molecular complexity index is 474. The highest BCUT2D eigenvalue weighted by molar-refractivity contribution is 5.82. The molecule has 1 N–H and O–H groups in total. The van der Waals surface area contributed by atoms with Gasteiger partial charge in [0, 0.05) is 19.6 Å². The summed E-state index contributed by atoms with van der Waals surface area (Å²) in [7, 11) is 0. The van der Waals surface area contributed by atoms with Crippen molar-refractivity contribution in [3.8, 4) is 5.75 Å². The summed E-state index contributed by atoms with van der Waals surface area (Å²) in [6.07, 6.45) is 1.01. The summed E-state index contributed by atoms with van der Waals surface area (Å²) >= 11 is 0. The normalized spacial score (nSPS) is 19.6. The van der Waals surface area contributed by atoms with E-state index in [9.17, 15) is 4.79 Å². The molecule has 1 aromatic rings. The van der Waals surface area contributed by atoms with E-state index in [1.807, 2.05) is 12.1 Å². The first-order chi connectivity index (χ1) is 10.1. The minimum absolute atomic E-state index is 0.0426. The first-order valence-corrected chi connectivity index (χ1v) is 7.85. The molecule has 1 aromatic carbocycles. The number of amides is 1. The molecule has 1 saturated heterocycles. The van der Waals surface area contributed by atoms with E-state index in [2.05, 4.69) is 43.1 Å². The van der Waals surface area contributed by atoms with Gasteiger partial charge in [0.1, 0.15) is 5.75 Å². The molecule has 1 aliphatic heterocycles. The maximum Gasteiger partial charge on any atom is 0.237 e. The van der Waals surface area contributed by atoms with E-state index in [0.29, 0.717) is 5.92 Å². The summed E-state index contributed by atoms with van der Waals surface area (Å²) in [5.41, 5.74) is 1.20. The van der Waals surface area contributed by atoms with Crippen LogP contribution in [-0.2, 0) is 11.3 Å². The lowest BCUT2D eigenvalue weighted by Crippen LogP contribution is -2.56. The summed E-state index contributed by atoms with van der Waals surface area (Å²) in [5, 5.41) is 2.96. The van der Waals surface area contributed by atoms with E-state index in [1.165, 1.54) is 5.56 Å². The summed E-state index contributed by atoms with van der Waals surface area (Å²) in [6, 6.07) is 8.15. The Morgan fingerprint density at radius 3 is 2.95 bits per heavy atom. The van der Waals surface area contributed by atoms with Crippen molar-refractivity contribution in [1.82, 2.24) is 10.2 Å². The average molecular weight is 290 g/mol. The summed E-state index contributed by atoms with van der Waals surface area (Å²) in [6.45, 7) is 9.46. The van der Waals surface area contributed by atoms with Gasteiger partial charge in [-0.3, -0.25) is 9.69 Å². The standard InChI is InChI=1S/C17H26N2O2/c1-4-10-21-15-7-5-6-14(11-15)12-19-9-8-18-17(20)16(19)13(2)3/h5-7,11,13,16H,4,8-10,12H2,1-3H3,(H,18,20). The van der Waals surface area contributed by atoms with Crippen molar-refractivity contribution in [2.45, 2.75) is 39.8 Å². The van der Waals surface area contributed by atoms with Crippen LogP contribution in [0, 0.1) is 5.92 Å². The van der Waals surface area contributed by atoms with E-state index >= 15 is 0 Å². The molecule has 4 nitrogen and oxygen atoms in total. The van der Waals surface area contributed by atoms with Crippen molar-refractivity contribution in [2.75, 3.05) is 19.7 Å². The van der Waals surface area contributed by atoms with Crippen LogP contribution < -0.4 is 10.1 Å². The number of nitrogens with zero attached hydrogens (tertiary/aromatic N) is 1. The number of carbonyl (C=O) groups excluding carboxylic acids is 1. The molecule has 1 fully saturated rings. The van der Waals surface area contributed by atoms with Crippen LogP contribution in [0.25, 0.3) is 0 Å². The molecule has 1 aliphatic rings. The highest BCUT2D eigenvalue weighted by Crippen LogP contribution is 2.20. The lowest BCUT2D eigenvalue weighted by Gasteiger charge is -2.37. The molecule has 4 heteroatoms. The van der Waals surface area contributed by atoms with Crippen LogP contribution in [0.1, 0.15) is 32.8 Å². The van der Waals surface area contributed by atoms with Crippen LogP contribution in [0.2, 0.25) is 0 Å². The molecule has 2 rings (SSSR count). The van der Waals surface area contributed by atoms with Gasteiger partial charge < -0.3 is 10.1 Å². The van der Waals surface area contributed by atoms with Crippen LogP contribution in [0.4, 0.5) is 0 Å². The second-order valence-electron chi connectivity index (χ2n) is 5.95. The molecule has 1 heterocycles. The lowest BCUT2D eigenvalue weighted by molar-refractivity contribution is -0.131. The van der Waals surface area contributed by atoms with E-state index in [-0.39, 0.29) is 11.9 Å². The quantitative estimate of drug-likeness (QED) is 0.875. The van der Waals surface area contributed by atoms with Gasteiger partial charge in [0.05, 0.1) is 12.6 Å². The minimum atomic E-state index is -0.0426. The van der Waals surface area contributed by atoms with E-state index in [0.717, 1.165) is 38.4 Å². The van der Waals surface area contributed by atoms with Crippen LogP contribution in [0.15, 0.2) is 24.3 Å². The van der Waals surface area contributed by atoms with Gasteiger partial charge in [-0.15, -0.1) is 0 Å². The minimum Gasteiger partial charge on any atom is -0.494 e. The van der Waals surface area contributed by atoms with Crippen LogP contribution >= 0.6 is 0 Å². The Morgan fingerprint density at radius 2 is 2.24 bits per heavy atom. The molecule has 1 amide bonds. The number of rotatable bonds is 6. The van der Waals surface area contributed by atoms with E-state index in [1.54, 1.807) is 0 Å². The molecule has 21 heavy (non-hydrogen) atoms. The SMILES string of the molecule is CCCOc1cccc(CN2CCNC(=O)C2C(C)C)c1. The molecule has 0 aliphatic carbocycles. The van der Waals surface area contributed by atoms with Crippen LogP contribution in [0.5, 0.6) is 5.75 Å². The maximum absolute atomic E-state index is 12.1. The van der Waals surface area contributed by atoms with Gasteiger partial charge in [-0.2, -0.15) is 0 Å². The predicted octanol–water partition coefficient (Wildman–Crippen LogP) is 2.43. The monoisotopic (exact) mass is 290 g/mol. The van der Waals surface area contributed by atoms with Gasteiger partial charge in [0.25, 0.3) is 0 Å². The number of carbonyl (C=O) groups is 1. The Kier molecular flexibility index (Phi) is 5.62. The van der Waals surface area contributed by atoms with Crippen LogP contribution in [0.3, 0.4) is 0 Å². The fraction of sp³-hybridized carbons (Fsp3) is 0.588. The molecule has 0 saturated carbocycles. The summed E-state index contributed by atoms with van der Waals surface area (Å²) < 4.78 is 5.68. The zero-order valence-electron chi connectivity index (χ0n) is 13.3. The van der Waals surface area contributed by atoms with Gasteiger partial charge in [-0.05, 0) is 30.0 Å². The third-order valence-electron chi connectivity index (χ3n) is 3.75. The highest BCUT2D eigenvalue weighted by atomic mass is 16.5. The summed E-state index contributed by atoms with van der Waals surface area (Å²) in [4.78, 5) is 14.3. The van der Waals surface area contributed by atoms with Crippen LogP contribution in [-0.4, -0.2) is 36.5 Å². The van der Waals surface area contributed by atoms with Gasteiger partial charge in [0.15, 0.2) is 0 Å². The molecule has 116 valence electrons. The van der Waals surface area contributed by atoms with E-state index in [4.69, 9.17) is 4.74 Å². The Balaban J connectivity index is 2.07. The Hall–Kier alpha value is -1.55. The first-order valence-electron chi connectivity index (χ1n) is 7.85. The number of hydrogen-bond donors (Lipinski definition) is 1. The fourth-order valence-electron chi connectivity index (χ4n) is 2.82. The maximum atomic E-state index is 12.1. The number of piperazine rings is 1. The third-order valence-corrected chi connectivity index (χ3v) is 3.75. The van der Waals surface area contributed by atoms with Gasteiger partial charge in [-0.25, -0.2) is 0 Å². The molecule has 0 spiro atoms. The summed E-state index contributed by atoms with van der Waals surface area (Å²) in [5.74, 6) is 1.37. The smallest absolute Gasteiger partial charge is 0.237 e. The number of nitrogens with one attached hydrogen (secondary N) is 1. The van der Waals surface area contributed by atoms with Crippen molar-refractivity contribution >= 4 is 5.91 Å². The van der Waals surface area contributed by atoms with Crippen molar-refractivity contribution < 1.29 is 9.53 Å². The Labute approximate surface area is 127 Å². The molecule has 0 aromatic heterocycles. The largest absolute Gasteiger partial charge is 0.494 e. The third kappa shape index (κ3) is 4.21. The van der Waals surface area contributed by atoms with Gasteiger partial charge in [0.2, 0.25) is 5.91 Å². The van der Waals surface area contributed by atoms with Crippen molar-refractivity contribution in [3.05, 3.63) is 29.8 Å². The van der Waals surface area contributed by atoms with E-state index < -0.39 is 0 Å². The number of benzene rings is 1. The topological polar surface area (TPSA) is 41.6 Å². The zero-order valence-corrected chi connectivity index (χ0v) is 13.3. The average Bonchev–Trinajstić information content (AvgIpc) is 2.45. The fourth-order valence-corrected chi connectivity index (χ4v) is 2.82. The molecular formula is C17H26N2O2. The predicted molar refractivity (Wildman–Crippen MR) is 84.3 cm³/mol. The highest BCUT2D eigenvalue weighted by Gasteiger charge is 2.31. The first kappa shape index (κ1) is 15.8. The second-order valence-corrected chi connectivity index (χ2v) is 5.95. The molecule has 0 radical (unpaired) electrons. The molecule has 0 bridgehead atoms. The number of ether oxygens (including phenoxy) is 1. The second kappa shape index (κ2) is 7.46.